The first-order valence-electron chi connectivity index (χ1n) is 18.2. The zero-order valence-electron chi connectivity index (χ0n) is 29.6. The number of likely N-dealkylation sites (tertiary alicyclic amines) is 2. The normalized spacial score (nSPS) is 29.4. The molecule has 0 radical (unpaired) electrons. The molecule has 8 rings (SSSR count). The summed E-state index contributed by atoms with van der Waals surface area (Å²) in [5, 5.41) is 11.6. The Kier molecular flexibility index (Phi) is 9.44. The van der Waals surface area contributed by atoms with Crippen LogP contribution in [0.1, 0.15) is 48.3 Å². The molecule has 2 aliphatic carbocycles. The number of benzene rings is 3. The second kappa shape index (κ2) is 13.8. The maximum absolute atomic E-state index is 15.4. The molecule has 0 bridgehead atoms. The molecule has 1 N–H and O–H groups in total. The van der Waals surface area contributed by atoms with Crippen molar-refractivity contribution < 1.29 is 46.2 Å². The molecule has 56 heavy (non-hydrogen) atoms. The summed E-state index contributed by atoms with van der Waals surface area (Å²) in [5.41, 5.74) is -0.190. The van der Waals surface area contributed by atoms with Crippen LogP contribution in [-0.4, -0.2) is 67.4 Å². The number of carbonyl (C=O) groups excluding carboxylic acids is 4. The van der Waals surface area contributed by atoms with Crippen molar-refractivity contribution in [1.29, 1.82) is 0 Å². The predicted molar refractivity (Wildman–Crippen MR) is 195 cm³/mol. The number of imide groups is 2. The van der Waals surface area contributed by atoms with Crippen molar-refractivity contribution >= 4 is 52.5 Å². The monoisotopic (exact) mass is 813 g/mol. The van der Waals surface area contributed by atoms with Crippen LogP contribution in [-0.2, 0) is 32.1 Å². The van der Waals surface area contributed by atoms with Crippen LogP contribution in [0, 0.1) is 46.8 Å². The number of amides is 4. The lowest BCUT2D eigenvalue weighted by Gasteiger charge is -2.50. The number of phenols is 1. The number of aromatic hydroxyl groups is 1. The highest BCUT2D eigenvalue weighted by atomic mass is 35.5. The average molecular weight is 815 g/mol. The van der Waals surface area contributed by atoms with Crippen LogP contribution in [0.2, 0.25) is 0 Å². The van der Waals surface area contributed by atoms with E-state index in [-0.39, 0.29) is 34.6 Å². The molecule has 8 nitrogen and oxygen atoms in total. The summed E-state index contributed by atoms with van der Waals surface area (Å²) >= 11 is 14.5. The second-order valence-electron chi connectivity index (χ2n) is 15.1. The quantitative estimate of drug-likeness (QED) is 0.0687. The van der Waals surface area contributed by atoms with E-state index < -0.39 is 104 Å². The third-order valence-electron chi connectivity index (χ3n) is 12.3. The smallest absolute Gasteiger partial charge is 0.258 e. The highest BCUT2D eigenvalue weighted by Crippen LogP contribution is 2.67. The minimum absolute atomic E-state index is 0.0137. The Balaban J connectivity index is 1.21. The van der Waals surface area contributed by atoms with Gasteiger partial charge in [0.1, 0.15) is 11.4 Å². The number of halogens is 7. The van der Waals surface area contributed by atoms with Crippen LogP contribution in [0.4, 0.5) is 27.6 Å². The van der Waals surface area contributed by atoms with Crippen LogP contribution < -0.4 is 4.90 Å². The lowest BCUT2D eigenvalue weighted by Crippen LogP contribution is -2.60. The number of phenolic OH excluding ortho intramolecular Hbond substituents is 1. The summed E-state index contributed by atoms with van der Waals surface area (Å²) < 4.78 is 74.0. The Labute approximate surface area is 328 Å². The standard InChI is InChI=1S/C41H34Cl2F5N3O5/c1-2-7-21-10-6-11-25(35(21)52)28-23-12-13-24-27(37(54)50(36(24)53)22-14-16-49(17-15-22)19-20-8-4-3-5-9-20)26(23)18-40(42)38(55)51(39(56)41(28,40)43)34-32(47)30(45)29(44)31(46)33(34)48/h2-6,8-12,22,24,26-28,52H,1,7,13-19H2. The Morgan fingerprint density at radius 1 is 0.821 bits per heavy atom. The van der Waals surface area contributed by atoms with Crippen molar-refractivity contribution in [1.82, 2.24) is 9.80 Å². The molecular formula is C41H34Cl2F5N3O5. The van der Waals surface area contributed by atoms with Crippen LogP contribution in [0.5, 0.6) is 5.75 Å². The number of alkyl halides is 2. The van der Waals surface area contributed by atoms with Crippen LogP contribution in [0.25, 0.3) is 0 Å². The first kappa shape index (κ1) is 38.3. The molecule has 3 aromatic carbocycles. The van der Waals surface area contributed by atoms with Gasteiger partial charge in [-0.1, -0.05) is 66.3 Å². The number of hydrogen-bond acceptors (Lipinski definition) is 6. The van der Waals surface area contributed by atoms with Gasteiger partial charge in [-0.25, -0.2) is 26.9 Å². The van der Waals surface area contributed by atoms with Gasteiger partial charge in [0.05, 0.1) is 11.8 Å². The Hall–Kier alpha value is -4.59. The molecule has 4 fully saturated rings. The maximum atomic E-state index is 15.4. The summed E-state index contributed by atoms with van der Waals surface area (Å²) in [4.78, 5) is 55.6. The van der Waals surface area contributed by atoms with Crippen LogP contribution in [0.15, 0.2) is 72.8 Å². The molecule has 0 spiro atoms. The molecule has 3 aliphatic heterocycles. The summed E-state index contributed by atoms with van der Waals surface area (Å²) in [6.07, 6.45) is 3.66. The molecule has 1 saturated carbocycles. The van der Waals surface area contributed by atoms with E-state index in [4.69, 9.17) is 23.2 Å². The topological polar surface area (TPSA) is 98.2 Å². The summed E-state index contributed by atoms with van der Waals surface area (Å²) in [7, 11) is 0. The lowest BCUT2D eigenvalue weighted by atomic mass is 9.56. The van der Waals surface area contributed by atoms with Gasteiger partial charge in [-0.05, 0) is 49.1 Å². The number of carbonyl (C=O) groups is 4. The highest BCUT2D eigenvalue weighted by Gasteiger charge is 2.77. The van der Waals surface area contributed by atoms with Crippen molar-refractivity contribution in [2.45, 2.75) is 60.4 Å². The Morgan fingerprint density at radius 2 is 1.46 bits per heavy atom. The zero-order chi connectivity index (χ0) is 40.0. The molecule has 6 atom stereocenters. The fourth-order valence-electron chi connectivity index (χ4n) is 9.64. The molecule has 4 amide bonds. The minimum Gasteiger partial charge on any atom is -0.507 e. The molecular weight excluding hydrogens is 780 g/mol. The first-order valence-corrected chi connectivity index (χ1v) is 19.0. The summed E-state index contributed by atoms with van der Waals surface area (Å²) in [6.45, 7) is 5.63. The lowest BCUT2D eigenvalue weighted by molar-refractivity contribution is -0.144. The largest absolute Gasteiger partial charge is 0.507 e. The van der Waals surface area contributed by atoms with E-state index in [2.05, 4.69) is 11.5 Å². The Morgan fingerprint density at radius 3 is 2.11 bits per heavy atom. The van der Waals surface area contributed by atoms with Gasteiger partial charge in [-0.2, -0.15) is 0 Å². The number of nitrogens with zero attached hydrogens (tertiary/aromatic N) is 3. The summed E-state index contributed by atoms with van der Waals surface area (Å²) in [6, 6.07) is 13.9. The molecule has 3 saturated heterocycles. The van der Waals surface area contributed by atoms with Gasteiger partial charge < -0.3 is 5.11 Å². The number of fused-ring (bicyclic) bond motifs is 4. The fourth-order valence-corrected chi connectivity index (χ4v) is 10.6. The molecule has 15 heteroatoms. The number of rotatable bonds is 7. The van der Waals surface area contributed by atoms with Gasteiger partial charge in [0.25, 0.3) is 11.8 Å². The van der Waals surface area contributed by atoms with E-state index in [1.807, 2.05) is 30.3 Å². The molecule has 292 valence electrons. The Bertz CT molecular complexity index is 2220. The van der Waals surface area contributed by atoms with Crippen molar-refractivity contribution in [3.63, 3.8) is 0 Å². The van der Waals surface area contributed by atoms with Crippen molar-refractivity contribution in [3.05, 3.63) is 119 Å². The molecule has 5 aliphatic rings. The third-order valence-corrected chi connectivity index (χ3v) is 13.7. The van der Waals surface area contributed by atoms with E-state index in [0.29, 0.717) is 38.0 Å². The molecule has 3 heterocycles. The first-order chi connectivity index (χ1) is 26.7. The van der Waals surface area contributed by atoms with E-state index >= 15 is 8.78 Å². The predicted octanol–water partition coefficient (Wildman–Crippen LogP) is 7.04. The van der Waals surface area contributed by atoms with Gasteiger partial charge in [0.2, 0.25) is 17.6 Å². The van der Waals surface area contributed by atoms with E-state index in [9.17, 15) is 37.5 Å². The van der Waals surface area contributed by atoms with Gasteiger partial charge in [0.15, 0.2) is 33.0 Å². The van der Waals surface area contributed by atoms with Crippen molar-refractivity contribution in [2.75, 3.05) is 18.0 Å². The number of hydrogen-bond donors (Lipinski definition) is 1. The van der Waals surface area contributed by atoms with Crippen LogP contribution >= 0.6 is 23.2 Å². The van der Waals surface area contributed by atoms with Crippen molar-refractivity contribution in [3.8, 4) is 5.75 Å². The van der Waals surface area contributed by atoms with Crippen LogP contribution in [0.3, 0.4) is 0 Å². The SMILES string of the molecule is C=CCc1cccc(C2C3=CCC4C(=O)N(C5CCN(Cc6ccccc6)CC5)C(=O)C4C3CC3(Cl)C(=O)N(c4c(F)c(F)c(F)c(F)c4F)C(=O)C23Cl)c1O. The second-order valence-corrected chi connectivity index (χ2v) is 16.3. The minimum atomic E-state index is -2.73. The molecule has 3 aromatic rings. The molecule has 6 unspecified atom stereocenters. The zero-order valence-corrected chi connectivity index (χ0v) is 31.1. The number of anilines is 1. The van der Waals surface area contributed by atoms with Gasteiger partial charge >= 0.3 is 0 Å². The van der Waals surface area contributed by atoms with Crippen molar-refractivity contribution in [2.24, 2.45) is 17.8 Å². The van der Waals surface area contributed by atoms with E-state index in [0.717, 1.165) is 5.56 Å². The number of allylic oxidation sites excluding steroid dienone is 3. The summed E-state index contributed by atoms with van der Waals surface area (Å²) in [5.74, 6) is -21.4. The van der Waals surface area contributed by atoms with E-state index in [1.54, 1.807) is 12.1 Å². The maximum Gasteiger partial charge on any atom is 0.258 e. The van der Waals surface area contributed by atoms with Gasteiger partial charge in [0, 0.05) is 37.2 Å². The van der Waals surface area contributed by atoms with E-state index in [1.165, 1.54) is 23.1 Å². The highest BCUT2D eigenvalue weighted by molar-refractivity contribution is 6.58. The third kappa shape index (κ3) is 5.33. The average Bonchev–Trinajstić information content (AvgIpc) is 3.53. The number of piperidine rings is 1. The number of para-hydroxylation sites is 1. The van der Waals surface area contributed by atoms with Gasteiger partial charge in [-0.15, -0.1) is 29.8 Å². The fraction of sp³-hybridized carbons (Fsp3) is 0.366. The molecule has 0 aromatic heterocycles. The van der Waals surface area contributed by atoms with Gasteiger partial charge in [-0.3, -0.25) is 29.0 Å².